The van der Waals surface area contributed by atoms with E-state index in [1.165, 1.54) is 12.5 Å². The fourth-order valence-electron chi connectivity index (χ4n) is 1.86. The Morgan fingerprint density at radius 2 is 1.32 bits per heavy atom. The van der Waals surface area contributed by atoms with Gasteiger partial charge in [-0.25, -0.2) is 0 Å². The van der Waals surface area contributed by atoms with Crippen LogP contribution in [0.5, 0.6) is 0 Å². The maximum atomic E-state index is 4.34. The van der Waals surface area contributed by atoms with Crippen molar-refractivity contribution in [1.82, 2.24) is 0 Å². The van der Waals surface area contributed by atoms with Crippen LogP contribution >= 0.6 is 22.6 Å². The Kier molecular flexibility index (Phi) is 5.38. The third-order valence-corrected chi connectivity index (χ3v) is 5.72. The van der Waals surface area contributed by atoms with Crippen LogP contribution in [0.1, 0.15) is 0 Å². The van der Waals surface area contributed by atoms with Crippen LogP contribution < -0.4 is 8.92 Å². The van der Waals surface area contributed by atoms with Crippen LogP contribution in [0.4, 0.5) is 11.4 Å². The second-order valence-electron chi connectivity index (χ2n) is 4.59. The van der Waals surface area contributed by atoms with Crippen molar-refractivity contribution in [2.45, 2.75) is 0 Å². The second kappa shape index (κ2) is 7.68. The topological polar surface area (TPSA) is 24.7 Å². The predicted molar refractivity (Wildman–Crippen MR) is 101 cm³/mol. The van der Waals surface area contributed by atoms with Gasteiger partial charge in [-0.1, -0.05) is 0 Å². The molecule has 0 fully saturated rings. The minimum absolute atomic E-state index is 0.301. The van der Waals surface area contributed by atoms with Gasteiger partial charge in [0.1, 0.15) is 0 Å². The summed E-state index contributed by atoms with van der Waals surface area (Å²) in [5.41, 5.74) is 1.77. The van der Waals surface area contributed by atoms with Gasteiger partial charge in [0, 0.05) is 0 Å². The molecule has 108 valence electrons. The molecule has 3 rings (SSSR count). The van der Waals surface area contributed by atoms with Crippen molar-refractivity contribution >= 4 is 57.8 Å². The molecule has 0 aliphatic carbocycles. The van der Waals surface area contributed by atoms with Crippen molar-refractivity contribution in [2.24, 2.45) is 10.2 Å². The number of azo groups is 1. The summed E-state index contributed by atoms with van der Waals surface area (Å²) in [5.74, 6) is 0. The molecule has 0 atom stereocenters. The Hall–Kier alpha value is -1.49. The molecule has 22 heavy (non-hydrogen) atoms. The van der Waals surface area contributed by atoms with Crippen LogP contribution in [0.3, 0.4) is 0 Å². The van der Waals surface area contributed by atoms with E-state index in [0.29, 0.717) is 15.0 Å². The van der Waals surface area contributed by atoms with E-state index in [9.17, 15) is 0 Å². The van der Waals surface area contributed by atoms with Crippen LogP contribution in [-0.4, -0.2) is 15.0 Å². The summed E-state index contributed by atoms with van der Waals surface area (Å²) >= 11 is 2.58. The first-order chi connectivity index (χ1) is 10.8. The molecule has 0 radical (unpaired) electrons. The van der Waals surface area contributed by atoms with E-state index >= 15 is 0 Å². The van der Waals surface area contributed by atoms with E-state index in [1.54, 1.807) is 0 Å². The summed E-state index contributed by atoms with van der Waals surface area (Å²) in [4.78, 5) is 0. The van der Waals surface area contributed by atoms with Gasteiger partial charge in [0.25, 0.3) is 0 Å². The Balaban J connectivity index is 1.75. The van der Waals surface area contributed by atoms with E-state index in [4.69, 9.17) is 0 Å². The monoisotopic (exact) mass is 464 g/mol. The zero-order chi connectivity index (χ0) is 15.2. The summed E-state index contributed by atoms with van der Waals surface area (Å²) in [6.45, 7) is 0. The molecule has 2 nitrogen and oxygen atoms in total. The number of nitrogens with zero attached hydrogens (tertiary/aromatic N) is 2. The van der Waals surface area contributed by atoms with E-state index in [1.807, 2.05) is 42.5 Å². The van der Waals surface area contributed by atoms with Gasteiger partial charge in [0.15, 0.2) is 0 Å². The molecule has 0 saturated heterocycles. The SMILES string of the molecule is Ic1ccc(N=Nc2cccc([Se]c3ccccc3)c2)cc1. The average Bonchev–Trinajstić information content (AvgIpc) is 2.56. The van der Waals surface area contributed by atoms with Crippen molar-refractivity contribution in [3.05, 3.63) is 82.4 Å². The molecule has 0 aromatic heterocycles. The predicted octanol–water partition coefficient (Wildman–Crippen LogP) is 4.36. The quantitative estimate of drug-likeness (QED) is 0.312. The molecule has 0 N–H and O–H groups in total. The van der Waals surface area contributed by atoms with E-state index in [0.717, 1.165) is 11.4 Å². The minimum atomic E-state index is 0.301. The molecule has 3 aromatic rings. The first-order valence-corrected chi connectivity index (χ1v) is 9.59. The first-order valence-electron chi connectivity index (χ1n) is 6.80. The molecule has 0 unspecified atom stereocenters. The van der Waals surface area contributed by atoms with Crippen LogP contribution in [-0.2, 0) is 0 Å². The number of benzene rings is 3. The van der Waals surface area contributed by atoms with Crippen molar-refractivity contribution in [2.75, 3.05) is 0 Å². The molecule has 0 spiro atoms. The van der Waals surface area contributed by atoms with Crippen LogP contribution in [0, 0.1) is 3.57 Å². The van der Waals surface area contributed by atoms with Gasteiger partial charge < -0.3 is 0 Å². The normalized spacial score (nSPS) is 11.0. The summed E-state index contributed by atoms with van der Waals surface area (Å²) < 4.78 is 3.86. The Bertz CT molecular complexity index is 771. The Morgan fingerprint density at radius 3 is 2.09 bits per heavy atom. The van der Waals surface area contributed by atoms with Gasteiger partial charge in [-0.15, -0.1) is 0 Å². The molecular formula is C18H13IN2Se. The van der Waals surface area contributed by atoms with Gasteiger partial charge in [0.05, 0.1) is 0 Å². The van der Waals surface area contributed by atoms with Crippen LogP contribution in [0.2, 0.25) is 0 Å². The fourth-order valence-corrected chi connectivity index (χ4v) is 4.09. The zero-order valence-electron chi connectivity index (χ0n) is 11.7. The molecule has 0 amide bonds. The summed E-state index contributed by atoms with van der Waals surface area (Å²) in [5, 5.41) is 8.64. The number of hydrogen-bond donors (Lipinski definition) is 0. The third kappa shape index (κ3) is 4.50. The van der Waals surface area contributed by atoms with Gasteiger partial charge in [0.2, 0.25) is 0 Å². The fraction of sp³-hybridized carbons (Fsp3) is 0. The van der Waals surface area contributed by atoms with Crippen LogP contribution in [0.25, 0.3) is 0 Å². The molecule has 0 saturated carbocycles. The van der Waals surface area contributed by atoms with Crippen molar-refractivity contribution < 1.29 is 0 Å². The van der Waals surface area contributed by atoms with Gasteiger partial charge in [-0.2, -0.15) is 0 Å². The van der Waals surface area contributed by atoms with Gasteiger partial charge >= 0.3 is 151 Å². The van der Waals surface area contributed by atoms with Crippen molar-refractivity contribution in [3.8, 4) is 0 Å². The second-order valence-corrected chi connectivity index (χ2v) is 8.24. The molecule has 0 aliphatic rings. The zero-order valence-corrected chi connectivity index (χ0v) is 15.6. The molecular weight excluding hydrogens is 450 g/mol. The molecule has 0 heterocycles. The number of hydrogen-bond acceptors (Lipinski definition) is 2. The Morgan fingerprint density at radius 1 is 0.636 bits per heavy atom. The van der Waals surface area contributed by atoms with Gasteiger partial charge in [-0.3, -0.25) is 0 Å². The molecule has 3 aromatic carbocycles. The van der Waals surface area contributed by atoms with Crippen molar-refractivity contribution in [3.63, 3.8) is 0 Å². The number of halogens is 1. The van der Waals surface area contributed by atoms with Crippen LogP contribution in [0.15, 0.2) is 89.1 Å². The summed E-state index contributed by atoms with van der Waals surface area (Å²) in [6.07, 6.45) is 0. The van der Waals surface area contributed by atoms with E-state index in [2.05, 4.69) is 69.2 Å². The van der Waals surface area contributed by atoms with E-state index < -0.39 is 0 Å². The number of rotatable bonds is 4. The molecule has 4 heteroatoms. The average molecular weight is 463 g/mol. The molecule has 0 bridgehead atoms. The van der Waals surface area contributed by atoms with E-state index in [-0.39, 0.29) is 0 Å². The van der Waals surface area contributed by atoms with Crippen molar-refractivity contribution in [1.29, 1.82) is 0 Å². The Labute approximate surface area is 150 Å². The standard InChI is InChI=1S/C18H13IN2Se/c19-14-9-11-15(12-10-14)20-21-16-5-4-8-18(13-16)22-17-6-2-1-3-7-17/h1-13H. The van der Waals surface area contributed by atoms with Gasteiger partial charge in [-0.05, 0) is 0 Å². The first kappa shape index (κ1) is 15.4. The third-order valence-electron chi connectivity index (χ3n) is 2.90. The maximum absolute atomic E-state index is 4.34. The molecule has 0 aliphatic heterocycles. The summed E-state index contributed by atoms with van der Waals surface area (Å²) in [7, 11) is 0. The summed E-state index contributed by atoms with van der Waals surface area (Å²) in [6, 6.07) is 26.8.